The lowest BCUT2D eigenvalue weighted by atomic mass is 9.83. The fourth-order valence-electron chi connectivity index (χ4n) is 4.26. The standard InChI is InChI=1S/C18H30N4O3/c1-18(2,3)13-20-7-4-15(10-20)14-5-8-21(9-6-14)16(23)11-22-12-17(24)25-19-22/h12,14-15H,4-11,13H2,1-3H3. The van der Waals surface area contributed by atoms with E-state index >= 15 is 0 Å². The zero-order valence-electron chi connectivity index (χ0n) is 15.6. The topological polar surface area (TPSA) is 76.5 Å². The van der Waals surface area contributed by atoms with Gasteiger partial charge in [-0.2, -0.15) is 0 Å². The molecule has 2 fully saturated rings. The summed E-state index contributed by atoms with van der Waals surface area (Å²) in [7, 11) is 0. The lowest BCUT2D eigenvalue weighted by Crippen LogP contribution is -2.48. The molecule has 2 aliphatic rings. The number of amides is 1. The van der Waals surface area contributed by atoms with Crippen molar-refractivity contribution in [1.82, 2.24) is 15.1 Å². The Bertz CT molecular complexity index is 587. The average molecular weight is 350 g/mol. The van der Waals surface area contributed by atoms with E-state index in [0.29, 0.717) is 5.41 Å². The Morgan fingerprint density at radius 2 is 1.96 bits per heavy atom. The minimum atomic E-state index is -0.521. The molecule has 3 heterocycles. The van der Waals surface area contributed by atoms with Crippen LogP contribution in [0.5, 0.6) is 5.95 Å². The van der Waals surface area contributed by atoms with Gasteiger partial charge >= 0.3 is 0 Å². The molecule has 0 aliphatic carbocycles. The first kappa shape index (κ1) is 18.2. The zero-order chi connectivity index (χ0) is 18.0. The second-order valence-corrected chi connectivity index (χ2v) is 8.78. The van der Waals surface area contributed by atoms with Gasteiger partial charge in [-0.05, 0) is 43.1 Å². The fraction of sp³-hybridized carbons (Fsp3) is 0.833. The molecule has 25 heavy (non-hydrogen) atoms. The molecular weight excluding hydrogens is 320 g/mol. The molecule has 1 atom stereocenters. The van der Waals surface area contributed by atoms with E-state index in [4.69, 9.17) is 0 Å². The number of carbonyl (C=O) groups is 1. The Morgan fingerprint density at radius 1 is 1.28 bits per heavy atom. The molecule has 0 radical (unpaired) electrons. The lowest BCUT2D eigenvalue weighted by molar-refractivity contribution is -0.751. The molecule has 1 aromatic heterocycles. The largest absolute Gasteiger partial charge is 0.539 e. The summed E-state index contributed by atoms with van der Waals surface area (Å²) in [5.41, 5.74) is 0.355. The van der Waals surface area contributed by atoms with Gasteiger partial charge in [0.25, 0.3) is 12.5 Å². The van der Waals surface area contributed by atoms with Crippen LogP contribution < -0.4 is 9.79 Å². The molecule has 0 spiro atoms. The van der Waals surface area contributed by atoms with E-state index in [1.165, 1.54) is 30.4 Å². The normalized spacial score (nSPS) is 23.3. The van der Waals surface area contributed by atoms with Crippen LogP contribution in [0.15, 0.2) is 10.7 Å². The van der Waals surface area contributed by atoms with E-state index in [1.807, 2.05) is 4.90 Å². The zero-order valence-corrected chi connectivity index (χ0v) is 15.6. The minimum absolute atomic E-state index is 0.0116. The van der Waals surface area contributed by atoms with E-state index < -0.39 is 5.95 Å². The molecule has 2 aliphatic heterocycles. The van der Waals surface area contributed by atoms with Crippen molar-refractivity contribution in [2.45, 2.75) is 46.6 Å². The van der Waals surface area contributed by atoms with E-state index in [9.17, 15) is 9.90 Å². The number of hydrogen-bond donors (Lipinski definition) is 0. The summed E-state index contributed by atoms with van der Waals surface area (Å²) in [6, 6.07) is 0. The molecule has 1 aromatic rings. The van der Waals surface area contributed by atoms with Crippen LogP contribution in [0.1, 0.15) is 40.0 Å². The van der Waals surface area contributed by atoms with Crippen molar-refractivity contribution >= 4 is 5.91 Å². The van der Waals surface area contributed by atoms with Crippen LogP contribution in [-0.2, 0) is 11.3 Å². The molecule has 0 aromatic carbocycles. The molecule has 0 N–H and O–H groups in total. The van der Waals surface area contributed by atoms with E-state index in [0.717, 1.165) is 44.3 Å². The maximum atomic E-state index is 12.3. The number of rotatable bonds is 4. The highest BCUT2D eigenvalue weighted by atomic mass is 16.6. The molecule has 1 amide bonds. The van der Waals surface area contributed by atoms with Crippen LogP contribution in [0.4, 0.5) is 0 Å². The predicted molar refractivity (Wildman–Crippen MR) is 89.5 cm³/mol. The van der Waals surface area contributed by atoms with E-state index in [-0.39, 0.29) is 12.5 Å². The van der Waals surface area contributed by atoms with Gasteiger partial charge in [-0.15, -0.1) is 0 Å². The van der Waals surface area contributed by atoms with Gasteiger partial charge in [-0.3, -0.25) is 4.79 Å². The van der Waals surface area contributed by atoms with Crippen LogP contribution in [0.3, 0.4) is 0 Å². The molecular formula is C18H30N4O3. The third-order valence-electron chi connectivity index (χ3n) is 5.35. The van der Waals surface area contributed by atoms with Gasteiger partial charge < -0.3 is 19.4 Å². The van der Waals surface area contributed by atoms with E-state index in [1.54, 1.807) is 0 Å². The quantitative estimate of drug-likeness (QED) is 0.745. The maximum Gasteiger partial charge on any atom is 0.291 e. The van der Waals surface area contributed by atoms with Gasteiger partial charge in [0.05, 0.1) is 5.27 Å². The number of carbonyl (C=O) groups excluding carboxylic acids is 1. The third kappa shape index (κ3) is 4.93. The van der Waals surface area contributed by atoms with Crippen molar-refractivity contribution in [3.8, 4) is 5.95 Å². The van der Waals surface area contributed by atoms with Crippen LogP contribution in [0.25, 0.3) is 0 Å². The molecule has 0 bridgehead atoms. The summed E-state index contributed by atoms with van der Waals surface area (Å²) in [5, 5.41) is 14.5. The number of aromatic nitrogens is 2. The first-order valence-corrected chi connectivity index (χ1v) is 9.34. The molecule has 0 saturated carbocycles. The van der Waals surface area contributed by atoms with Gasteiger partial charge in [-0.25, -0.2) is 0 Å². The van der Waals surface area contributed by atoms with Crippen molar-refractivity contribution in [3.05, 3.63) is 6.20 Å². The van der Waals surface area contributed by atoms with E-state index in [2.05, 4.69) is 35.5 Å². The fourth-order valence-corrected chi connectivity index (χ4v) is 4.26. The number of nitrogens with zero attached hydrogens (tertiary/aromatic N) is 4. The summed E-state index contributed by atoms with van der Waals surface area (Å²) >= 11 is 0. The SMILES string of the molecule is CC(C)(C)CN1CCC(C2CCN(C(=O)C[n+]3cc([O-])on3)CC2)C1. The second-order valence-electron chi connectivity index (χ2n) is 8.78. The Labute approximate surface area is 149 Å². The molecule has 2 saturated heterocycles. The van der Waals surface area contributed by atoms with Crippen LogP contribution in [0, 0.1) is 17.3 Å². The second kappa shape index (κ2) is 7.32. The van der Waals surface area contributed by atoms with Gasteiger partial charge in [0.1, 0.15) is 5.95 Å². The van der Waals surface area contributed by atoms with Crippen LogP contribution in [0.2, 0.25) is 0 Å². The van der Waals surface area contributed by atoms with Crippen molar-refractivity contribution in [3.63, 3.8) is 0 Å². The summed E-state index contributed by atoms with van der Waals surface area (Å²) in [6.07, 6.45) is 4.66. The molecule has 1 unspecified atom stereocenters. The number of piperidine rings is 1. The smallest absolute Gasteiger partial charge is 0.291 e. The van der Waals surface area contributed by atoms with Gasteiger partial charge in [0.15, 0.2) is 0 Å². The van der Waals surface area contributed by atoms with Crippen molar-refractivity contribution < 1.29 is 19.1 Å². The minimum Gasteiger partial charge on any atom is -0.539 e. The summed E-state index contributed by atoms with van der Waals surface area (Å²) in [6.45, 7) is 12.2. The number of hydrogen-bond acceptors (Lipinski definition) is 5. The van der Waals surface area contributed by atoms with Crippen LogP contribution >= 0.6 is 0 Å². The predicted octanol–water partition coefficient (Wildman–Crippen LogP) is 0.642. The van der Waals surface area contributed by atoms with Crippen molar-refractivity contribution in [1.29, 1.82) is 0 Å². The Hall–Kier alpha value is -1.63. The Balaban J connectivity index is 1.43. The van der Waals surface area contributed by atoms with Crippen molar-refractivity contribution in [2.75, 3.05) is 32.7 Å². The molecule has 7 nitrogen and oxygen atoms in total. The molecule has 3 rings (SSSR count). The summed E-state index contributed by atoms with van der Waals surface area (Å²) < 4.78 is 5.74. The monoisotopic (exact) mass is 350 g/mol. The summed E-state index contributed by atoms with van der Waals surface area (Å²) in [4.78, 5) is 16.8. The third-order valence-corrected chi connectivity index (χ3v) is 5.35. The Kier molecular flexibility index (Phi) is 5.32. The molecule has 7 heteroatoms. The summed E-state index contributed by atoms with van der Waals surface area (Å²) in [5.74, 6) is 0.986. The Morgan fingerprint density at radius 3 is 2.56 bits per heavy atom. The highest BCUT2D eigenvalue weighted by molar-refractivity contribution is 5.74. The first-order valence-electron chi connectivity index (χ1n) is 9.34. The highest BCUT2D eigenvalue weighted by Gasteiger charge is 2.34. The average Bonchev–Trinajstić information content (AvgIpc) is 3.15. The van der Waals surface area contributed by atoms with Gasteiger partial charge in [0, 0.05) is 26.2 Å². The van der Waals surface area contributed by atoms with Crippen molar-refractivity contribution in [2.24, 2.45) is 17.3 Å². The molecule has 140 valence electrons. The lowest BCUT2D eigenvalue weighted by Gasteiger charge is -2.34. The van der Waals surface area contributed by atoms with Gasteiger partial charge in [-0.1, -0.05) is 25.5 Å². The maximum absolute atomic E-state index is 12.3. The number of likely N-dealkylation sites (tertiary alicyclic amines) is 2. The highest BCUT2D eigenvalue weighted by Crippen LogP contribution is 2.33. The first-order chi connectivity index (χ1) is 11.8. The van der Waals surface area contributed by atoms with Gasteiger partial charge in [0.2, 0.25) is 6.20 Å². The van der Waals surface area contributed by atoms with Crippen LogP contribution in [-0.4, -0.2) is 53.7 Å².